The molecule has 0 spiro atoms. The van der Waals surface area contributed by atoms with Gasteiger partial charge in [-0.1, -0.05) is 12.2 Å². The average Bonchev–Trinajstić information content (AvgIpc) is 2.30. The van der Waals surface area contributed by atoms with Gasteiger partial charge in [-0.15, -0.1) is 0 Å². The van der Waals surface area contributed by atoms with E-state index in [0.29, 0.717) is 11.8 Å². The fourth-order valence-electron chi connectivity index (χ4n) is 1.70. The molecule has 0 unspecified atom stereocenters. The van der Waals surface area contributed by atoms with Crippen LogP contribution in [0, 0.1) is 0 Å². The Morgan fingerprint density at radius 2 is 1.71 bits per heavy atom. The summed E-state index contributed by atoms with van der Waals surface area (Å²) < 4.78 is 5.28. The fraction of sp³-hybridized carbons (Fsp3) is 0.500. The van der Waals surface area contributed by atoms with Crippen LogP contribution in [0.3, 0.4) is 0 Å². The van der Waals surface area contributed by atoms with E-state index in [1.165, 1.54) is 0 Å². The van der Waals surface area contributed by atoms with E-state index in [4.69, 9.17) is 10.3 Å². The maximum Gasteiger partial charge on any atom is 2.00 e. The average molecular weight is 328 g/mol. The first-order chi connectivity index (χ1) is 6.90. The van der Waals surface area contributed by atoms with Crippen molar-refractivity contribution < 1.29 is 53.8 Å². The van der Waals surface area contributed by atoms with E-state index in [-0.39, 0.29) is 44.3 Å². The van der Waals surface area contributed by atoms with Gasteiger partial charge in [0, 0.05) is 31.3 Å². The number of nitrogens with zero attached hydrogens (tertiary/aromatic N) is 3. The molecule has 1 aliphatic carbocycles. The minimum Gasteiger partial charge on any atom is -1.00 e. The van der Waals surface area contributed by atoms with E-state index in [9.17, 15) is 0 Å². The van der Waals surface area contributed by atoms with Crippen molar-refractivity contribution in [3.8, 4) is 0 Å². The van der Waals surface area contributed by atoms with Gasteiger partial charge < -0.3 is 35.1 Å². The molecule has 0 aromatic rings. The van der Waals surface area contributed by atoms with Crippen LogP contribution in [0.25, 0.3) is 5.53 Å². The topological polar surface area (TPSA) is 48.9 Å². The normalized spacial score (nSPS) is 22.8. The third-order valence-corrected chi connectivity index (χ3v) is 2.51. The number of hydrogen-bond acceptors (Lipinski definition) is 2. The van der Waals surface area contributed by atoms with Crippen molar-refractivity contribution in [2.45, 2.75) is 6.04 Å². The number of rotatable bonds is 1. The molecule has 0 radical (unpaired) electrons. The second-order valence-electron chi connectivity index (χ2n) is 3.38. The molecule has 17 heavy (non-hydrogen) atoms. The van der Waals surface area contributed by atoms with Crippen LogP contribution in [0.4, 0.5) is 0 Å². The van der Waals surface area contributed by atoms with Gasteiger partial charge in [0.2, 0.25) is 0 Å². The molecule has 0 atom stereocenters. The van der Waals surface area contributed by atoms with Crippen molar-refractivity contribution in [3.05, 3.63) is 29.8 Å². The Kier molecular flexibility index (Phi) is 11.3. The quantitative estimate of drug-likeness (QED) is 0.274. The van der Waals surface area contributed by atoms with Crippen LogP contribution in [-0.4, -0.2) is 47.7 Å². The molecule has 0 aromatic carbocycles. The van der Waals surface area contributed by atoms with Gasteiger partial charge in [0.1, 0.15) is 0 Å². The molecule has 2 rings (SSSR count). The van der Waals surface area contributed by atoms with Gasteiger partial charge in [0.05, 0.1) is 13.2 Å². The Morgan fingerprint density at radius 3 is 2.18 bits per heavy atom. The van der Waals surface area contributed by atoms with Crippen LogP contribution < -0.4 is 24.8 Å². The summed E-state index contributed by atoms with van der Waals surface area (Å²) in [6.45, 7) is 3.54. The molecule has 0 aromatic heterocycles. The van der Waals surface area contributed by atoms with Crippen molar-refractivity contribution in [2.24, 2.45) is 0 Å². The first-order valence-corrected chi connectivity index (χ1v) is 4.80. The van der Waals surface area contributed by atoms with Crippen molar-refractivity contribution in [1.29, 1.82) is 0 Å². The van der Waals surface area contributed by atoms with Crippen molar-refractivity contribution in [1.82, 2.24) is 4.90 Å². The minimum atomic E-state index is 0. The zero-order valence-corrected chi connectivity index (χ0v) is 13.9. The number of ether oxygens (including phenoxy) is 1. The zero-order chi connectivity index (χ0) is 9.80. The minimum absolute atomic E-state index is 0. The molecule has 4 nitrogen and oxygen atoms in total. The van der Waals surface area contributed by atoms with Crippen LogP contribution in [-0.2, 0) is 24.2 Å². The summed E-state index contributed by atoms with van der Waals surface area (Å²) >= 11 is 0. The maximum absolute atomic E-state index is 8.54. The van der Waals surface area contributed by atoms with E-state index >= 15 is 0 Å². The standard InChI is InChI=1S/C10H13N3O.2ClH.Zn/c11-12-9-1-3-10(4-2-9)13-5-7-14-8-6-13;;;/h1-4,10H,5-8H2;2*1H;/q;;;+2/p-2. The van der Waals surface area contributed by atoms with Crippen LogP contribution in [0.1, 0.15) is 0 Å². The Bertz CT molecular complexity index is 308. The van der Waals surface area contributed by atoms with Gasteiger partial charge in [0.25, 0.3) is 0 Å². The number of halogens is 2. The van der Waals surface area contributed by atoms with Crippen molar-refractivity contribution >= 4 is 5.71 Å². The molecule has 0 saturated carbocycles. The molecular formula is C10H13Cl2N3OZn. The first-order valence-electron chi connectivity index (χ1n) is 4.80. The molecule has 1 saturated heterocycles. The summed E-state index contributed by atoms with van der Waals surface area (Å²) in [5, 5.41) is 0. The van der Waals surface area contributed by atoms with Gasteiger partial charge in [-0.25, -0.2) is 0 Å². The molecule has 0 amide bonds. The molecule has 1 fully saturated rings. The van der Waals surface area contributed by atoms with Gasteiger partial charge in [-0.05, 0) is 0 Å². The maximum atomic E-state index is 8.54. The Labute approximate surface area is 126 Å². The van der Waals surface area contributed by atoms with Crippen LogP contribution >= 0.6 is 0 Å². The van der Waals surface area contributed by atoms with E-state index < -0.39 is 0 Å². The third kappa shape index (κ3) is 5.43. The number of morpholine rings is 1. The summed E-state index contributed by atoms with van der Waals surface area (Å²) in [7, 11) is 0. The molecular weight excluding hydrogens is 314 g/mol. The summed E-state index contributed by atoms with van der Waals surface area (Å²) in [6.07, 6.45) is 7.75. The largest absolute Gasteiger partial charge is 2.00 e. The van der Waals surface area contributed by atoms with Crippen molar-refractivity contribution in [2.75, 3.05) is 26.3 Å². The van der Waals surface area contributed by atoms with Gasteiger partial charge >= 0.3 is 25.2 Å². The molecule has 0 N–H and O–H groups in total. The zero-order valence-electron chi connectivity index (χ0n) is 9.43. The summed E-state index contributed by atoms with van der Waals surface area (Å²) in [6, 6.07) is 0.324. The number of hydrogen-bond donors (Lipinski definition) is 0. The van der Waals surface area contributed by atoms with Crippen LogP contribution in [0.2, 0.25) is 0 Å². The molecule has 0 bridgehead atoms. The third-order valence-electron chi connectivity index (χ3n) is 2.51. The Balaban J connectivity index is 0. The van der Waals surface area contributed by atoms with Crippen LogP contribution in [0.15, 0.2) is 24.3 Å². The van der Waals surface area contributed by atoms with E-state index in [1.54, 1.807) is 0 Å². The van der Waals surface area contributed by atoms with E-state index in [0.717, 1.165) is 26.3 Å². The molecule has 1 heterocycles. The Morgan fingerprint density at radius 1 is 1.18 bits per heavy atom. The van der Waals surface area contributed by atoms with Gasteiger partial charge in [0.15, 0.2) is 0 Å². The Hall–Kier alpha value is -0.0166. The SMILES string of the molecule is [Cl-].[Cl-].[N-]=[N+]=C1C=CC(N2CCOCC2)C=C1.[Zn+2]. The van der Waals surface area contributed by atoms with E-state index in [2.05, 4.69) is 9.69 Å². The first kappa shape index (κ1) is 19.3. The summed E-state index contributed by atoms with van der Waals surface area (Å²) in [4.78, 5) is 5.46. The van der Waals surface area contributed by atoms with Crippen molar-refractivity contribution in [3.63, 3.8) is 0 Å². The number of allylic oxidation sites excluding steroid dienone is 2. The predicted octanol–water partition coefficient (Wildman–Crippen LogP) is -5.51. The molecule has 2 aliphatic rings. The van der Waals surface area contributed by atoms with E-state index in [1.807, 2.05) is 24.3 Å². The summed E-state index contributed by atoms with van der Waals surface area (Å²) in [5.41, 5.74) is 9.15. The van der Waals surface area contributed by atoms with Gasteiger partial charge in [-0.2, -0.15) is 4.79 Å². The van der Waals surface area contributed by atoms with Crippen LogP contribution in [0.5, 0.6) is 0 Å². The second kappa shape index (κ2) is 9.96. The second-order valence-corrected chi connectivity index (χ2v) is 3.38. The molecule has 90 valence electrons. The predicted molar refractivity (Wildman–Crippen MR) is 53.1 cm³/mol. The van der Waals surface area contributed by atoms with Gasteiger partial charge in [-0.3, -0.25) is 4.90 Å². The summed E-state index contributed by atoms with van der Waals surface area (Å²) in [5.74, 6) is 0. The molecule has 7 heteroatoms. The monoisotopic (exact) mass is 325 g/mol. The molecule has 1 aliphatic heterocycles. The fourth-order valence-corrected chi connectivity index (χ4v) is 1.70. The smallest absolute Gasteiger partial charge is 1.00 e.